The second-order valence-electron chi connectivity index (χ2n) is 10.7. The summed E-state index contributed by atoms with van der Waals surface area (Å²) in [5.74, 6) is 0. The third-order valence-corrected chi connectivity index (χ3v) is 8.25. The number of aryl methyl sites for hydroxylation is 1. The van der Waals surface area contributed by atoms with Crippen LogP contribution in [-0.4, -0.2) is 4.57 Å². The number of rotatable bonds is 4. The van der Waals surface area contributed by atoms with E-state index in [9.17, 15) is 0 Å². The number of fused-ring (bicyclic) bond motifs is 6. The highest BCUT2D eigenvalue weighted by Crippen LogP contribution is 2.40. The summed E-state index contributed by atoms with van der Waals surface area (Å²) in [4.78, 5) is 0. The highest BCUT2D eigenvalue weighted by Gasteiger charge is 2.17. The van der Waals surface area contributed by atoms with Crippen LogP contribution in [-0.2, 0) is 0 Å². The molecule has 0 atom stereocenters. The van der Waals surface area contributed by atoms with Gasteiger partial charge in [0.05, 0.1) is 11.0 Å². The van der Waals surface area contributed by atoms with E-state index in [1.165, 1.54) is 38.5 Å². The molecule has 0 N–H and O–H groups in total. The van der Waals surface area contributed by atoms with Gasteiger partial charge in [0.2, 0.25) is 0 Å². The maximum absolute atomic E-state index is 6.41. The van der Waals surface area contributed by atoms with E-state index in [1.54, 1.807) is 0 Å². The van der Waals surface area contributed by atoms with Gasteiger partial charge in [-0.1, -0.05) is 103 Å². The van der Waals surface area contributed by atoms with E-state index in [2.05, 4.69) is 133 Å². The molecule has 8 aromatic rings. The molecule has 0 aliphatic heterocycles. The summed E-state index contributed by atoms with van der Waals surface area (Å²) in [7, 11) is 0. The van der Waals surface area contributed by atoms with E-state index in [-0.39, 0.29) is 0 Å². The van der Waals surface area contributed by atoms with Gasteiger partial charge in [-0.25, -0.2) is 0 Å². The monoisotopic (exact) mass is 525 g/mol. The molecular weight excluding hydrogens is 498 g/mol. The molecule has 2 heterocycles. The molecular formula is C39H27NO. The van der Waals surface area contributed by atoms with Crippen molar-refractivity contribution in [3.8, 4) is 27.9 Å². The average Bonchev–Trinajstić information content (AvgIpc) is 3.57. The quantitative estimate of drug-likeness (QED) is 0.223. The number of benzene rings is 6. The zero-order valence-electron chi connectivity index (χ0n) is 22.8. The van der Waals surface area contributed by atoms with Gasteiger partial charge < -0.3 is 8.98 Å². The van der Waals surface area contributed by atoms with E-state index >= 15 is 0 Å². The minimum Gasteiger partial charge on any atom is -0.455 e. The summed E-state index contributed by atoms with van der Waals surface area (Å²) < 4.78 is 8.78. The lowest BCUT2D eigenvalue weighted by Gasteiger charge is -2.09. The zero-order chi connectivity index (χ0) is 27.5. The number of aromatic nitrogens is 1. The summed E-state index contributed by atoms with van der Waals surface area (Å²) in [6.45, 7) is 6.03. The summed E-state index contributed by atoms with van der Waals surface area (Å²) in [6, 6.07) is 45.7. The van der Waals surface area contributed by atoms with E-state index in [0.717, 1.165) is 44.3 Å². The molecule has 41 heavy (non-hydrogen) atoms. The third kappa shape index (κ3) is 3.72. The van der Waals surface area contributed by atoms with Gasteiger partial charge >= 0.3 is 0 Å². The maximum Gasteiger partial charge on any atom is 0.143 e. The first-order valence-corrected chi connectivity index (χ1v) is 14.0. The lowest BCUT2D eigenvalue weighted by molar-refractivity contribution is 0.670. The fraction of sp³-hybridized carbons (Fsp3) is 0.0256. The molecule has 2 aromatic heterocycles. The first kappa shape index (κ1) is 23.5. The van der Waals surface area contributed by atoms with Crippen LogP contribution in [0.2, 0.25) is 0 Å². The Morgan fingerprint density at radius 2 is 1.24 bits per heavy atom. The summed E-state index contributed by atoms with van der Waals surface area (Å²) in [5, 5.41) is 4.74. The molecule has 0 unspecified atom stereocenters. The maximum atomic E-state index is 6.41. The Balaban J connectivity index is 1.40. The molecule has 8 rings (SSSR count). The predicted octanol–water partition coefficient (Wildman–Crippen LogP) is 11.0. The van der Waals surface area contributed by atoms with Gasteiger partial charge in [-0.3, -0.25) is 0 Å². The van der Waals surface area contributed by atoms with Gasteiger partial charge in [0, 0.05) is 32.8 Å². The summed E-state index contributed by atoms with van der Waals surface area (Å²) in [6.07, 6.45) is 1.88. The SMILES string of the molecule is C=Cc1ccc(-c2ccc3c(c2)c2cc(-c4cccc5c4oc4ccccc45)ccc2n3-c2ccc(C)cc2)cc1. The number of para-hydroxylation sites is 2. The Hall–Kier alpha value is -5.34. The Kier molecular flexibility index (Phi) is 5.23. The van der Waals surface area contributed by atoms with Crippen molar-refractivity contribution < 1.29 is 4.42 Å². The highest BCUT2D eigenvalue weighted by atomic mass is 16.3. The van der Waals surface area contributed by atoms with Crippen molar-refractivity contribution in [2.45, 2.75) is 6.92 Å². The van der Waals surface area contributed by atoms with Gasteiger partial charge in [-0.15, -0.1) is 0 Å². The zero-order valence-corrected chi connectivity index (χ0v) is 22.8. The molecule has 194 valence electrons. The average molecular weight is 526 g/mol. The van der Waals surface area contributed by atoms with Gasteiger partial charge in [-0.2, -0.15) is 0 Å². The molecule has 0 amide bonds. The Bertz CT molecular complexity index is 2260. The van der Waals surface area contributed by atoms with Crippen molar-refractivity contribution in [1.29, 1.82) is 0 Å². The van der Waals surface area contributed by atoms with Gasteiger partial charge in [-0.05, 0) is 71.6 Å². The first-order chi connectivity index (χ1) is 20.2. The van der Waals surface area contributed by atoms with E-state index in [1.807, 2.05) is 18.2 Å². The molecule has 0 aliphatic carbocycles. The van der Waals surface area contributed by atoms with Crippen LogP contribution in [0.25, 0.3) is 77.8 Å². The topological polar surface area (TPSA) is 18.1 Å². The molecule has 2 heteroatoms. The lowest BCUT2D eigenvalue weighted by atomic mass is 9.98. The van der Waals surface area contributed by atoms with Crippen LogP contribution < -0.4 is 0 Å². The van der Waals surface area contributed by atoms with Crippen molar-refractivity contribution in [1.82, 2.24) is 4.57 Å². The normalized spacial score (nSPS) is 11.6. The van der Waals surface area contributed by atoms with Gasteiger partial charge in [0.1, 0.15) is 11.2 Å². The molecule has 6 aromatic carbocycles. The number of hydrogen-bond donors (Lipinski definition) is 0. The van der Waals surface area contributed by atoms with Crippen LogP contribution in [0.3, 0.4) is 0 Å². The molecule has 0 saturated carbocycles. The van der Waals surface area contributed by atoms with Crippen LogP contribution >= 0.6 is 0 Å². The van der Waals surface area contributed by atoms with Crippen LogP contribution in [0.4, 0.5) is 0 Å². The van der Waals surface area contributed by atoms with Crippen LogP contribution in [0.15, 0.2) is 138 Å². The van der Waals surface area contributed by atoms with E-state index in [4.69, 9.17) is 4.42 Å². The first-order valence-electron chi connectivity index (χ1n) is 14.0. The fourth-order valence-corrected chi connectivity index (χ4v) is 6.13. The smallest absolute Gasteiger partial charge is 0.143 e. The molecule has 0 fully saturated rings. The Morgan fingerprint density at radius 3 is 2.00 bits per heavy atom. The standard InChI is InChI=1S/C39H27NO/c1-3-26-13-15-27(16-14-26)28-17-21-36-34(23-28)35-24-29(18-22-37(35)40(36)30-19-11-25(2)12-20-30)31-8-6-9-33-32-7-4-5-10-38(32)41-39(31)33/h3-24H,1H2,2H3. The van der Waals surface area contributed by atoms with Crippen LogP contribution in [0, 0.1) is 6.92 Å². The molecule has 0 aliphatic rings. The number of furan rings is 1. The van der Waals surface area contributed by atoms with E-state index in [0.29, 0.717) is 0 Å². The van der Waals surface area contributed by atoms with Crippen molar-refractivity contribution in [2.75, 3.05) is 0 Å². The third-order valence-electron chi connectivity index (χ3n) is 8.25. The minimum atomic E-state index is 0.916. The number of hydrogen-bond acceptors (Lipinski definition) is 1. The second kappa shape index (κ2) is 9.11. The number of nitrogens with zero attached hydrogens (tertiary/aromatic N) is 1. The van der Waals surface area contributed by atoms with Crippen molar-refractivity contribution in [2.24, 2.45) is 0 Å². The molecule has 0 bridgehead atoms. The summed E-state index contributed by atoms with van der Waals surface area (Å²) >= 11 is 0. The van der Waals surface area contributed by atoms with Crippen LogP contribution in [0.1, 0.15) is 11.1 Å². The van der Waals surface area contributed by atoms with Gasteiger partial charge in [0.15, 0.2) is 0 Å². The van der Waals surface area contributed by atoms with E-state index < -0.39 is 0 Å². The second-order valence-corrected chi connectivity index (χ2v) is 10.7. The lowest BCUT2D eigenvalue weighted by Crippen LogP contribution is -1.93. The van der Waals surface area contributed by atoms with Crippen molar-refractivity contribution >= 4 is 49.8 Å². The van der Waals surface area contributed by atoms with Crippen LogP contribution in [0.5, 0.6) is 0 Å². The molecule has 0 radical (unpaired) electrons. The van der Waals surface area contributed by atoms with Crippen molar-refractivity contribution in [3.05, 3.63) is 145 Å². The molecule has 0 spiro atoms. The molecule has 0 saturated heterocycles. The minimum absolute atomic E-state index is 0.916. The van der Waals surface area contributed by atoms with Crippen molar-refractivity contribution in [3.63, 3.8) is 0 Å². The fourth-order valence-electron chi connectivity index (χ4n) is 6.13. The highest BCUT2D eigenvalue weighted by molar-refractivity contribution is 6.14. The molecule has 2 nitrogen and oxygen atoms in total. The largest absolute Gasteiger partial charge is 0.455 e. The van der Waals surface area contributed by atoms with Gasteiger partial charge in [0.25, 0.3) is 0 Å². The Morgan fingerprint density at radius 1 is 0.585 bits per heavy atom. The Labute approximate surface area is 238 Å². The summed E-state index contributed by atoms with van der Waals surface area (Å²) in [5.41, 5.74) is 12.4. The predicted molar refractivity (Wildman–Crippen MR) is 174 cm³/mol.